The molecule has 4 nitrogen and oxygen atoms in total. The molecule has 1 N–H and O–H groups in total. The largest absolute Gasteiger partial charge is 0.401 e. The van der Waals surface area contributed by atoms with E-state index in [9.17, 15) is 18.0 Å². The zero-order valence-electron chi connectivity index (χ0n) is 15.1. The van der Waals surface area contributed by atoms with Gasteiger partial charge >= 0.3 is 6.18 Å². The third-order valence-electron chi connectivity index (χ3n) is 4.67. The lowest BCUT2D eigenvalue weighted by Gasteiger charge is -2.32. The summed E-state index contributed by atoms with van der Waals surface area (Å²) in [6.45, 7) is 1.77. The third-order valence-corrected chi connectivity index (χ3v) is 4.67. The molecule has 144 valence electrons. The van der Waals surface area contributed by atoms with Crippen molar-refractivity contribution in [3.63, 3.8) is 0 Å². The van der Waals surface area contributed by atoms with E-state index in [0.29, 0.717) is 31.5 Å². The Kier molecular flexibility index (Phi) is 5.79. The second-order valence-electron chi connectivity index (χ2n) is 6.94. The summed E-state index contributed by atoms with van der Waals surface area (Å²) in [5.41, 5.74) is 3.35. The van der Waals surface area contributed by atoms with Crippen LogP contribution in [0.1, 0.15) is 28.8 Å². The van der Waals surface area contributed by atoms with Crippen LogP contribution >= 0.6 is 0 Å². The van der Waals surface area contributed by atoms with Gasteiger partial charge in [0, 0.05) is 30.9 Å². The van der Waals surface area contributed by atoms with Crippen molar-refractivity contribution in [1.29, 1.82) is 0 Å². The van der Waals surface area contributed by atoms with Crippen LogP contribution in [0.15, 0.2) is 42.6 Å². The Balaban J connectivity index is 1.54. The maximum atomic E-state index is 12.4. The normalized spacial score (nSPS) is 16.3. The molecule has 0 spiro atoms. The van der Waals surface area contributed by atoms with Gasteiger partial charge in [0.25, 0.3) is 5.91 Å². The first-order valence-corrected chi connectivity index (χ1v) is 8.93. The van der Waals surface area contributed by atoms with Crippen molar-refractivity contribution < 1.29 is 18.0 Å². The minimum absolute atomic E-state index is 0.113. The van der Waals surface area contributed by atoms with Crippen LogP contribution in [0.2, 0.25) is 0 Å². The van der Waals surface area contributed by atoms with E-state index in [1.54, 1.807) is 12.1 Å². The number of hydrogen-bond acceptors (Lipinski definition) is 3. The van der Waals surface area contributed by atoms with Crippen molar-refractivity contribution in [3.05, 3.63) is 53.7 Å². The van der Waals surface area contributed by atoms with Gasteiger partial charge in [0.15, 0.2) is 0 Å². The Bertz CT molecular complexity index is 782. The number of piperidine rings is 1. The van der Waals surface area contributed by atoms with Gasteiger partial charge in [-0.15, -0.1) is 0 Å². The van der Waals surface area contributed by atoms with Crippen LogP contribution in [0.25, 0.3) is 11.3 Å². The lowest BCUT2D eigenvalue weighted by molar-refractivity contribution is -0.148. The first-order valence-electron chi connectivity index (χ1n) is 8.93. The second kappa shape index (κ2) is 8.08. The number of hydrogen-bond donors (Lipinski definition) is 1. The molecule has 1 amide bonds. The molecule has 1 aliphatic heterocycles. The number of alkyl halides is 3. The number of benzene rings is 1. The summed E-state index contributed by atoms with van der Waals surface area (Å²) < 4.78 is 37.3. The molecule has 0 saturated carbocycles. The van der Waals surface area contributed by atoms with Crippen LogP contribution in [0.5, 0.6) is 0 Å². The fourth-order valence-corrected chi connectivity index (χ4v) is 3.26. The molecule has 1 saturated heterocycles. The molecule has 1 aliphatic rings. The van der Waals surface area contributed by atoms with E-state index in [-0.39, 0.29) is 11.9 Å². The smallest absolute Gasteiger partial charge is 0.349 e. The standard InChI is InChI=1S/C20H22F3N3O/c1-14-3-2-4-15(11-14)18-6-5-16(12-24-18)19(27)25-17-7-9-26(10-8-17)13-20(21,22)23/h2-6,11-12,17H,7-10,13H2,1H3,(H,25,27). The van der Waals surface area contributed by atoms with E-state index in [1.165, 1.54) is 11.1 Å². The number of carbonyl (C=O) groups is 1. The second-order valence-corrected chi connectivity index (χ2v) is 6.94. The van der Waals surface area contributed by atoms with Crippen molar-refractivity contribution in [3.8, 4) is 11.3 Å². The first-order chi connectivity index (χ1) is 12.8. The molecule has 3 rings (SSSR count). The fourth-order valence-electron chi connectivity index (χ4n) is 3.26. The van der Waals surface area contributed by atoms with Crippen molar-refractivity contribution in [1.82, 2.24) is 15.2 Å². The van der Waals surface area contributed by atoms with Crippen molar-refractivity contribution in [2.24, 2.45) is 0 Å². The average Bonchev–Trinajstić information content (AvgIpc) is 2.62. The molecular formula is C20H22F3N3O. The number of aromatic nitrogens is 1. The van der Waals surface area contributed by atoms with E-state index in [0.717, 1.165) is 16.8 Å². The summed E-state index contributed by atoms with van der Waals surface area (Å²) in [5.74, 6) is -0.243. The Labute approximate surface area is 156 Å². The number of aryl methyl sites for hydroxylation is 1. The lowest BCUT2D eigenvalue weighted by atomic mass is 10.0. The van der Waals surface area contributed by atoms with Crippen LogP contribution in [0.4, 0.5) is 13.2 Å². The number of pyridine rings is 1. The highest BCUT2D eigenvalue weighted by molar-refractivity contribution is 5.94. The molecule has 2 aromatic rings. The monoisotopic (exact) mass is 377 g/mol. The van der Waals surface area contributed by atoms with Gasteiger partial charge in [0.1, 0.15) is 0 Å². The molecule has 27 heavy (non-hydrogen) atoms. The molecule has 1 aromatic heterocycles. The summed E-state index contributed by atoms with van der Waals surface area (Å²) >= 11 is 0. The summed E-state index contributed by atoms with van der Waals surface area (Å²) in [6.07, 6.45) is -1.63. The predicted molar refractivity (Wildman–Crippen MR) is 97.4 cm³/mol. The fraction of sp³-hybridized carbons (Fsp3) is 0.400. The maximum Gasteiger partial charge on any atom is 0.401 e. The minimum Gasteiger partial charge on any atom is -0.349 e. The number of carbonyl (C=O) groups excluding carboxylic acids is 1. The van der Waals surface area contributed by atoms with Crippen molar-refractivity contribution >= 4 is 5.91 Å². The number of amides is 1. The number of nitrogens with one attached hydrogen (secondary N) is 1. The quantitative estimate of drug-likeness (QED) is 0.881. The van der Waals surface area contributed by atoms with Crippen LogP contribution in [-0.2, 0) is 0 Å². The van der Waals surface area contributed by atoms with Gasteiger partial charge in [0.2, 0.25) is 0 Å². The Morgan fingerprint density at radius 2 is 1.96 bits per heavy atom. The van der Waals surface area contributed by atoms with E-state index in [2.05, 4.69) is 10.3 Å². The van der Waals surface area contributed by atoms with Crippen LogP contribution in [0.3, 0.4) is 0 Å². The molecule has 2 heterocycles. The van der Waals surface area contributed by atoms with Gasteiger partial charge in [-0.3, -0.25) is 14.7 Å². The van der Waals surface area contributed by atoms with Gasteiger partial charge in [-0.1, -0.05) is 23.8 Å². The zero-order valence-corrected chi connectivity index (χ0v) is 15.1. The first kappa shape index (κ1) is 19.4. The SMILES string of the molecule is Cc1cccc(-c2ccc(C(=O)NC3CCN(CC(F)(F)F)CC3)cn2)c1. The number of nitrogens with zero attached hydrogens (tertiary/aromatic N) is 2. The summed E-state index contributed by atoms with van der Waals surface area (Å²) in [7, 11) is 0. The van der Waals surface area contributed by atoms with Crippen LogP contribution in [0, 0.1) is 6.92 Å². The molecule has 7 heteroatoms. The topological polar surface area (TPSA) is 45.2 Å². The molecule has 0 bridgehead atoms. The molecular weight excluding hydrogens is 355 g/mol. The van der Waals surface area contributed by atoms with Gasteiger partial charge in [-0.05, 0) is 38.0 Å². The molecule has 0 unspecified atom stereocenters. The van der Waals surface area contributed by atoms with Crippen LogP contribution in [-0.4, -0.2) is 47.6 Å². The van der Waals surface area contributed by atoms with Crippen LogP contribution < -0.4 is 5.32 Å². The highest BCUT2D eigenvalue weighted by atomic mass is 19.4. The summed E-state index contributed by atoms with van der Waals surface area (Å²) in [6, 6.07) is 11.4. The van der Waals surface area contributed by atoms with Crippen molar-refractivity contribution in [2.45, 2.75) is 32.0 Å². The van der Waals surface area contributed by atoms with Crippen molar-refractivity contribution in [2.75, 3.05) is 19.6 Å². The average molecular weight is 377 g/mol. The molecule has 0 atom stereocenters. The van der Waals surface area contributed by atoms with Gasteiger partial charge in [-0.25, -0.2) is 0 Å². The Morgan fingerprint density at radius 1 is 1.22 bits per heavy atom. The third kappa shape index (κ3) is 5.53. The Morgan fingerprint density at radius 3 is 2.56 bits per heavy atom. The number of halogens is 3. The van der Waals surface area contributed by atoms with Gasteiger partial charge in [0.05, 0.1) is 17.8 Å². The summed E-state index contributed by atoms with van der Waals surface area (Å²) in [5, 5.41) is 2.90. The molecule has 1 aromatic carbocycles. The molecule has 0 radical (unpaired) electrons. The van der Waals surface area contributed by atoms with E-state index >= 15 is 0 Å². The van der Waals surface area contributed by atoms with E-state index < -0.39 is 12.7 Å². The Hall–Kier alpha value is -2.41. The van der Waals surface area contributed by atoms with Gasteiger partial charge < -0.3 is 5.32 Å². The highest BCUT2D eigenvalue weighted by Crippen LogP contribution is 2.21. The molecule has 0 aliphatic carbocycles. The van der Waals surface area contributed by atoms with E-state index in [4.69, 9.17) is 0 Å². The zero-order chi connectivity index (χ0) is 19.4. The predicted octanol–water partition coefficient (Wildman–Crippen LogP) is 3.81. The van der Waals surface area contributed by atoms with E-state index in [1.807, 2.05) is 31.2 Å². The van der Waals surface area contributed by atoms with Gasteiger partial charge in [-0.2, -0.15) is 13.2 Å². The lowest BCUT2D eigenvalue weighted by Crippen LogP contribution is -2.47. The number of likely N-dealkylation sites (tertiary alicyclic amines) is 1. The minimum atomic E-state index is -4.18. The highest BCUT2D eigenvalue weighted by Gasteiger charge is 2.32. The maximum absolute atomic E-state index is 12.4. The number of rotatable bonds is 4. The summed E-state index contributed by atoms with van der Waals surface area (Å²) in [4.78, 5) is 18.1. The molecule has 1 fully saturated rings.